The molecule has 0 aromatic heterocycles. The van der Waals surface area contributed by atoms with Crippen LogP contribution in [0.15, 0.2) is 48.5 Å². The van der Waals surface area contributed by atoms with Gasteiger partial charge in [0.05, 0.1) is 12.2 Å². The third-order valence-electron chi connectivity index (χ3n) is 4.13. The molecule has 1 amide bonds. The highest BCUT2D eigenvalue weighted by atomic mass is 16.5. The molecule has 0 saturated carbocycles. The van der Waals surface area contributed by atoms with Crippen molar-refractivity contribution in [3.63, 3.8) is 0 Å². The maximum absolute atomic E-state index is 12.5. The van der Waals surface area contributed by atoms with Gasteiger partial charge in [-0.25, -0.2) is 4.79 Å². The number of hydrogen-bond donors (Lipinski definition) is 2. The second kappa shape index (κ2) is 8.80. The molecule has 0 aliphatic heterocycles. The number of ether oxygens (including phenoxy) is 1. The first-order valence-corrected chi connectivity index (χ1v) is 8.98. The molecule has 0 heterocycles. The van der Waals surface area contributed by atoms with Gasteiger partial charge in [0.15, 0.2) is 6.10 Å². The second-order valence-electron chi connectivity index (χ2n) is 7.55. The van der Waals surface area contributed by atoms with E-state index in [9.17, 15) is 14.4 Å². The van der Waals surface area contributed by atoms with E-state index in [-0.39, 0.29) is 18.3 Å². The lowest BCUT2D eigenvalue weighted by Gasteiger charge is -2.18. The molecule has 0 fully saturated rings. The molecule has 2 N–H and O–H groups in total. The Hall–Kier alpha value is -2.99. The van der Waals surface area contributed by atoms with Crippen molar-refractivity contribution >= 4 is 23.3 Å². The van der Waals surface area contributed by atoms with Gasteiger partial charge in [0.1, 0.15) is 0 Å². The molecule has 2 rings (SSSR count). The fourth-order valence-corrected chi connectivity index (χ4v) is 2.30. The second-order valence-corrected chi connectivity index (χ2v) is 7.55. The lowest BCUT2D eigenvalue weighted by Crippen LogP contribution is -2.27. The fraction of sp³-hybridized carbons (Fsp3) is 0.318. The van der Waals surface area contributed by atoms with Crippen LogP contribution >= 0.6 is 0 Å². The molecular formula is C22H25NO5. The number of benzene rings is 2. The van der Waals surface area contributed by atoms with Gasteiger partial charge >= 0.3 is 5.97 Å². The zero-order chi connectivity index (χ0) is 20.9. The van der Waals surface area contributed by atoms with Crippen molar-refractivity contribution < 1.29 is 24.2 Å². The molecule has 0 spiro atoms. The Morgan fingerprint density at radius 1 is 0.964 bits per heavy atom. The minimum Gasteiger partial charge on any atom is -0.451 e. The van der Waals surface area contributed by atoms with Gasteiger partial charge in [0.2, 0.25) is 11.7 Å². The topological polar surface area (TPSA) is 92.7 Å². The summed E-state index contributed by atoms with van der Waals surface area (Å²) in [4.78, 5) is 36.7. The zero-order valence-electron chi connectivity index (χ0n) is 16.5. The van der Waals surface area contributed by atoms with E-state index in [1.165, 1.54) is 19.1 Å². The molecule has 0 aliphatic rings. The Bertz CT molecular complexity index is 848. The van der Waals surface area contributed by atoms with Crippen LogP contribution in [0.1, 0.15) is 54.0 Å². The number of anilines is 1. The summed E-state index contributed by atoms with van der Waals surface area (Å²) >= 11 is 0. The smallest absolute Gasteiger partial charge is 0.338 e. The van der Waals surface area contributed by atoms with Gasteiger partial charge in [0, 0.05) is 16.7 Å². The number of esters is 1. The number of ketones is 1. The molecule has 6 nitrogen and oxygen atoms in total. The van der Waals surface area contributed by atoms with Gasteiger partial charge in [0.25, 0.3) is 0 Å². The van der Waals surface area contributed by atoms with Crippen LogP contribution < -0.4 is 5.32 Å². The number of rotatable bonds is 6. The van der Waals surface area contributed by atoms with Crippen LogP contribution in [0.5, 0.6) is 0 Å². The van der Waals surface area contributed by atoms with Crippen LogP contribution in [0.4, 0.5) is 5.69 Å². The van der Waals surface area contributed by atoms with E-state index >= 15 is 0 Å². The van der Waals surface area contributed by atoms with E-state index in [1.807, 2.05) is 20.8 Å². The fourth-order valence-electron chi connectivity index (χ4n) is 2.30. The van der Waals surface area contributed by atoms with Crippen LogP contribution in [0.2, 0.25) is 0 Å². The molecule has 0 unspecified atom stereocenters. The summed E-state index contributed by atoms with van der Waals surface area (Å²) in [6, 6.07) is 12.8. The SMILES string of the molecule is C[C@@H](OC(=O)c1ccc(CO)cc1)C(=O)c1ccc(NC(=O)C(C)(C)C)cc1. The quantitative estimate of drug-likeness (QED) is 0.587. The summed E-state index contributed by atoms with van der Waals surface area (Å²) in [6.07, 6.45) is -0.958. The maximum Gasteiger partial charge on any atom is 0.338 e. The summed E-state index contributed by atoms with van der Waals surface area (Å²) in [5, 5.41) is 11.8. The van der Waals surface area contributed by atoms with Crippen LogP contribution in [0.3, 0.4) is 0 Å². The van der Waals surface area contributed by atoms with E-state index in [4.69, 9.17) is 9.84 Å². The van der Waals surface area contributed by atoms with Crippen LogP contribution in [0, 0.1) is 5.41 Å². The van der Waals surface area contributed by atoms with Gasteiger partial charge in [-0.05, 0) is 48.9 Å². The lowest BCUT2D eigenvalue weighted by molar-refractivity contribution is -0.123. The van der Waals surface area contributed by atoms with Gasteiger partial charge in [-0.3, -0.25) is 9.59 Å². The summed E-state index contributed by atoms with van der Waals surface area (Å²) < 4.78 is 5.24. The van der Waals surface area contributed by atoms with Crippen molar-refractivity contribution in [1.82, 2.24) is 0 Å². The number of amides is 1. The molecule has 1 atom stereocenters. The van der Waals surface area contributed by atoms with E-state index < -0.39 is 17.5 Å². The number of Topliss-reactive ketones (excluding diaryl/α,β-unsaturated/α-hetero) is 1. The molecule has 148 valence electrons. The number of aliphatic hydroxyl groups excluding tert-OH is 1. The van der Waals surface area contributed by atoms with Crippen molar-refractivity contribution in [2.45, 2.75) is 40.4 Å². The largest absolute Gasteiger partial charge is 0.451 e. The highest BCUT2D eigenvalue weighted by Crippen LogP contribution is 2.18. The van der Waals surface area contributed by atoms with Crippen LogP contribution in [-0.2, 0) is 16.1 Å². The number of nitrogens with one attached hydrogen (secondary N) is 1. The number of carbonyl (C=O) groups excluding carboxylic acids is 3. The van der Waals surface area contributed by atoms with Crippen molar-refractivity contribution in [2.24, 2.45) is 5.41 Å². The Kier molecular flexibility index (Phi) is 6.70. The highest BCUT2D eigenvalue weighted by Gasteiger charge is 2.22. The number of aliphatic hydroxyl groups is 1. The Balaban J connectivity index is 2.00. The molecule has 0 bridgehead atoms. The van der Waals surface area contributed by atoms with E-state index in [0.717, 1.165) is 0 Å². The molecule has 28 heavy (non-hydrogen) atoms. The molecular weight excluding hydrogens is 358 g/mol. The number of hydrogen-bond acceptors (Lipinski definition) is 5. The summed E-state index contributed by atoms with van der Waals surface area (Å²) in [6.45, 7) is 6.84. The Labute approximate surface area is 164 Å². The number of carbonyl (C=O) groups is 3. The van der Waals surface area contributed by atoms with Gasteiger partial charge in [-0.15, -0.1) is 0 Å². The zero-order valence-corrected chi connectivity index (χ0v) is 16.5. The minimum atomic E-state index is -0.958. The molecule has 2 aromatic rings. The lowest BCUT2D eigenvalue weighted by atomic mass is 9.95. The first-order valence-electron chi connectivity index (χ1n) is 8.98. The van der Waals surface area contributed by atoms with Crippen molar-refractivity contribution in [3.05, 3.63) is 65.2 Å². The van der Waals surface area contributed by atoms with Crippen LogP contribution in [0.25, 0.3) is 0 Å². The maximum atomic E-state index is 12.5. The molecule has 0 aliphatic carbocycles. The summed E-state index contributed by atoms with van der Waals surface area (Å²) in [5.74, 6) is -1.07. The molecule has 2 aromatic carbocycles. The van der Waals surface area contributed by atoms with Crippen LogP contribution in [-0.4, -0.2) is 28.9 Å². The average Bonchev–Trinajstić information content (AvgIpc) is 2.67. The van der Waals surface area contributed by atoms with E-state index in [0.29, 0.717) is 22.4 Å². The van der Waals surface area contributed by atoms with E-state index in [1.54, 1.807) is 36.4 Å². The predicted octanol–water partition coefficient (Wildman–Crippen LogP) is 3.59. The standard InChI is InChI=1S/C22H25NO5/c1-14(28-20(26)17-7-5-15(13-24)6-8-17)19(25)16-9-11-18(12-10-16)23-21(27)22(2,3)4/h5-12,14,24H,13H2,1-4H3,(H,23,27)/t14-/m1/s1. The molecule has 0 radical (unpaired) electrons. The van der Waals surface area contributed by atoms with Crippen molar-refractivity contribution in [2.75, 3.05) is 5.32 Å². The first-order chi connectivity index (χ1) is 13.1. The van der Waals surface area contributed by atoms with Gasteiger partial charge in [-0.2, -0.15) is 0 Å². The monoisotopic (exact) mass is 383 g/mol. The van der Waals surface area contributed by atoms with E-state index in [2.05, 4.69) is 5.32 Å². The predicted molar refractivity (Wildman–Crippen MR) is 106 cm³/mol. The normalized spacial score (nSPS) is 12.2. The van der Waals surface area contributed by atoms with Crippen molar-refractivity contribution in [1.29, 1.82) is 0 Å². The molecule has 0 saturated heterocycles. The Morgan fingerprint density at radius 2 is 1.50 bits per heavy atom. The summed E-state index contributed by atoms with van der Waals surface area (Å²) in [5.41, 5.74) is 1.43. The van der Waals surface area contributed by atoms with Gasteiger partial charge in [-0.1, -0.05) is 32.9 Å². The summed E-state index contributed by atoms with van der Waals surface area (Å²) in [7, 11) is 0. The van der Waals surface area contributed by atoms with Gasteiger partial charge < -0.3 is 15.2 Å². The highest BCUT2D eigenvalue weighted by molar-refractivity contribution is 6.02. The minimum absolute atomic E-state index is 0.115. The Morgan fingerprint density at radius 3 is 2.00 bits per heavy atom. The first kappa shape index (κ1) is 21.3. The van der Waals surface area contributed by atoms with Crippen molar-refractivity contribution in [3.8, 4) is 0 Å². The average molecular weight is 383 g/mol. The molecule has 6 heteroatoms. The third-order valence-corrected chi connectivity index (χ3v) is 4.13. The third kappa shape index (κ3) is 5.50.